The van der Waals surface area contributed by atoms with Crippen LogP contribution < -0.4 is 4.72 Å². The van der Waals surface area contributed by atoms with Crippen LogP contribution in [0.1, 0.15) is 18.9 Å². The Morgan fingerprint density at radius 3 is 2.56 bits per heavy atom. The van der Waals surface area contributed by atoms with Crippen LogP contribution in [0.25, 0.3) is 10.8 Å². The molecule has 0 aliphatic rings. The van der Waals surface area contributed by atoms with Crippen molar-refractivity contribution in [2.45, 2.75) is 19.9 Å². The molecule has 2 rings (SSSR count). The van der Waals surface area contributed by atoms with Gasteiger partial charge in [-0.25, -0.2) is 13.1 Å². The molecule has 0 aliphatic heterocycles. The molecule has 0 aromatic heterocycles. The largest absolute Gasteiger partial charge is 0.212 e. The van der Waals surface area contributed by atoms with Crippen molar-refractivity contribution in [3.63, 3.8) is 0 Å². The first-order chi connectivity index (χ1) is 8.62. The second kappa shape index (κ2) is 5.50. The van der Waals surface area contributed by atoms with Crippen molar-refractivity contribution in [3.8, 4) is 0 Å². The third-order valence-corrected chi connectivity index (χ3v) is 4.37. The van der Waals surface area contributed by atoms with E-state index < -0.39 is 10.0 Å². The zero-order valence-electron chi connectivity index (χ0n) is 10.4. The molecule has 0 atom stereocenters. The fraction of sp³-hybridized carbons (Fsp3) is 0.286. The van der Waals surface area contributed by atoms with Crippen molar-refractivity contribution in [2.24, 2.45) is 0 Å². The highest BCUT2D eigenvalue weighted by Gasteiger charge is 2.09. The number of hydrogen-bond acceptors (Lipinski definition) is 2. The molecule has 0 heterocycles. The van der Waals surface area contributed by atoms with E-state index in [0.29, 0.717) is 13.0 Å². The summed E-state index contributed by atoms with van der Waals surface area (Å²) in [5.41, 5.74) is 1.01. The van der Waals surface area contributed by atoms with Gasteiger partial charge >= 0.3 is 0 Å². The fourth-order valence-corrected chi connectivity index (χ4v) is 3.03. The lowest BCUT2D eigenvalue weighted by Gasteiger charge is -2.08. The van der Waals surface area contributed by atoms with Crippen LogP contribution in [0.15, 0.2) is 42.5 Å². The van der Waals surface area contributed by atoms with Gasteiger partial charge in [0.2, 0.25) is 10.0 Å². The fourth-order valence-electron chi connectivity index (χ4n) is 1.98. The number of fused-ring (bicyclic) bond motifs is 1. The van der Waals surface area contributed by atoms with E-state index in [4.69, 9.17) is 0 Å². The van der Waals surface area contributed by atoms with E-state index in [1.54, 1.807) is 0 Å². The van der Waals surface area contributed by atoms with Crippen molar-refractivity contribution in [2.75, 3.05) is 5.75 Å². The Balaban J connectivity index is 2.22. The second-order valence-electron chi connectivity index (χ2n) is 4.28. The molecule has 18 heavy (non-hydrogen) atoms. The van der Waals surface area contributed by atoms with Gasteiger partial charge in [-0.05, 0) is 22.8 Å². The van der Waals surface area contributed by atoms with Gasteiger partial charge in [0.25, 0.3) is 0 Å². The molecule has 0 bridgehead atoms. The van der Waals surface area contributed by atoms with Crippen molar-refractivity contribution >= 4 is 20.8 Å². The zero-order chi connectivity index (χ0) is 13.0. The molecule has 2 aromatic rings. The molecule has 0 fully saturated rings. The zero-order valence-corrected chi connectivity index (χ0v) is 11.2. The smallest absolute Gasteiger partial charge is 0.211 e. The monoisotopic (exact) mass is 263 g/mol. The van der Waals surface area contributed by atoms with Crippen LogP contribution in [-0.4, -0.2) is 14.2 Å². The Labute approximate surface area is 108 Å². The average molecular weight is 263 g/mol. The molecule has 0 amide bonds. The van der Waals surface area contributed by atoms with E-state index in [1.165, 1.54) is 0 Å². The van der Waals surface area contributed by atoms with E-state index in [2.05, 4.69) is 4.72 Å². The summed E-state index contributed by atoms with van der Waals surface area (Å²) in [4.78, 5) is 0. The second-order valence-corrected chi connectivity index (χ2v) is 6.20. The maximum absolute atomic E-state index is 11.6. The highest BCUT2D eigenvalue weighted by molar-refractivity contribution is 7.89. The number of sulfonamides is 1. The van der Waals surface area contributed by atoms with Crippen LogP contribution >= 0.6 is 0 Å². The molecule has 1 N–H and O–H groups in total. The molecule has 0 unspecified atom stereocenters. The Morgan fingerprint density at radius 2 is 1.78 bits per heavy atom. The number of benzene rings is 2. The van der Waals surface area contributed by atoms with Crippen molar-refractivity contribution in [1.82, 2.24) is 4.72 Å². The van der Waals surface area contributed by atoms with Crippen LogP contribution in [-0.2, 0) is 16.6 Å². The van der Waals surface area contributed by atoms with E-state index >= 15 is 0 Å². The molecular formula is C14H17NO2S. The quantitative estimate of drug-likeness (QED) is 0.901. The minimum Gasteiger partial charge on any atom is -0.212 e. The van der Waals surface area contributed by atoms with Gasteiger partial charge in [0, 0.05) is 6.54 Å². The van der Waals surface area contributed by atoms with Gasteiger partial charge in [0.05, 0.1) is 5.75 Å². The molecule has 96 valence electrons. The van der Waals surface area contributed by atoms with Crippen LogP contribution in [0.4, 0.5) is 0 Å². The number of hydrogen-bond donors (Lipinski definition) is 1. The summed E-state index contributed by atoms with van der Waals surface area (Å²) in [6.07, 6.45) is 0.630. The SMILES string of the molecule is CCCS(=O)(=O)NCc1cccc2ccccc12. The summed E-state index contributed by atoms with van der Waals surface area (Å²) >= 11 is 0. The van der Waals surface area contributed by atoms with Gasteiger partial charge in [0.1, 0.15) is 0 Å². The number of rotatable bonds is 5. The third-order valence-electron chi connectivity index (χ3n) is 2.84. The van der Waals surface area contributed by atoms with Crippen LogP contribution in [0.3, 0.4) is 0 Å². The molecule has 0 radical (unpaired) electrons. The normalized spacial score (nSPS) is 11.8. The van der Waals surface area contributed by atoms with Gasteiger partial charge in [-0.2, -0.15) is 0 Å². The van der Waals surface area contributed by atoms with Gasteiger partial charge < -0.3 is 0 Å². The Kier molecular flexibility index (Phi) is 3.99. The van der Waals surface area contributed by atoms with E-state index in [-0.39, 0.29) is 5.75 Å². The lowest BCUT2D eigenvalue weighted by Crippen LogP contribution is -2.25. The molecule has 0 saturated carbocycles. The van der Waals surface area contributed by atoms with Gasteiger partial charge in [-0.15, -0.1) is 0 Å². The predicted octanol–water partition coefficient (Wildman–Crippen LogP) is 2.67. The average Bonchev–Trinajstić information content (AvgIpc) is 2.36. The predicted molar refractivity (Wildman–Crippen MR) is 74.9 cm³/mol. The van der Waals surface area contributed by atoms with Gasteiger partial charge in [0.15, 0.2) is 0 Å². The maximum atomic E-state index is 11.6. The lowest BCUT2D eigenvalue weighted by molar-refractivity contribution is 0.580. The van der Waals surface area contributed by atoms with Crippen LogP contribution in [0, 0.1) is 0 Å². The Hall–Kier alpha value is -1.39. The maximum Gasteiger partial charge on any atom is 0.211 e. The summed E-state index contributed by atoms with van der Waals surface area (Å²) in [6, 6.07) is 13.9. The van der Waals surface area contributed by atoms with Crippen molar-refractivity contribution in [3.05, 3.63) is 48.0 Å². The first-order valence-corrected chi connectivity index (χ1v) is 7.71. The van der Waals surface area contributed by atoms with E-state index in [9.17, 15) is 8.42 Å². The Morgan fingerprint density at radius 1 is 1.06 bits per heavy atom. The minimum atomic E-state index is -3.15. The summed E-state index contributed by atoms with van der Waals surface area (Å²) in [6.45, 7) is 2.21. The molecular weight excluding hydrogens is 246 g/mol. The summed E-state index contributed by atoms with van der Waals surface area (Å²) < 4.78 is 25.9. The molecule has 0 saturated heterocycles. The van der Waals surface area contributed by atoms with Crippen LogP contribution in [0.5, 0.6) is 0 Å². The summed E-state index contributed by atoms with van der Waals surface area (Å²) in [5.74, 6) is 0.178. The van der Waals surface area contributed by atoms with Crippen molar-refractivity contribution < 1.29 is 8.42 Å². The van der Waals surface area contributed by atoms with E-state index in [0.717, 1.165) is 16.3 Å². The standard InChI is InChI=1S/C14H17NO2S/c1-2-10-18(16,17)15-11-13-8-5-7-12-6-3-4-9-14(12)13/h3-9,15H,2,10-11H2,1H3. The number of nitrogens with one attached hydrogen (secondary N) is 1. The molecule has 2 aromatic carbocycles. The Bertz CT molecular complexity index is 630. The first kappa shape index (κ1) is 13.1. The van der Waals surface area contributed by atoms with E-state index in [1.807, 2.05) is 49.4 Å². The molecule has 0 spiro atoms. The van der Waals surface area contributed by atoms with Gasteiger partial charge in [-0.1, -0.05) is 49.4 Å². The topological polar surface area (TPSA) is 46.2 Å². The molecule has 4 heteroatoms. The molecule has 3 nitrogen and oxygen atoms in total. The van der Waals surface area contributed by atoms with Gasteiger partial charge in [-0.3, -0.25) is 0 Å². The summed E-state index contributed by atoms with van der Waals surface area (Å²) in [7, 11) is -3.15. The third kappa shape index (κ3) is 3.09. The highest BCUT2D eigenvalue weighted by atomic mass is 32.2. The molecule has 0 aliphatic carbocycles. The first-order valence-electron chi connectivity index (χ1n) is 6.06. The minimum absolute atomic E-state index is 0.178. The van der Waals surface area contributed by atoms with Crippen LogP contribution in [0.2, 0.25) is 0 Å². The summed E-state index contributed by atoms with van der Waals surface area (Å²) in [5, 5.41) is 2.23. The lowest BCUT2D eigenvalue weighted by atomic mass is 10.1. The van der Waals surface area contributed by atoms with Crippen molar-refractivity contribution in [1.29, 1.82) is 0 Å². The highest BCUT2D eigenvalue weighted by Crippen LogP contribution is 2.18.